The van der Waals surface area contributed by atoms with Gasteiger partial charge in [-0.15, -0.1) is 0 Å². The predicted octanol–water partition coefficient (Wildman–Crippen LogP) is 1.52. The van der Waals surface area contributed by atoms with Gasteiger partial charge in [-0.05, 0) is 36.6 Å². The lowest BCUT2D eigenvalue weighted by Gasteiger charge is -2.08. The summed E-state index contributed by atoms with van der Waals surface area (Å²) < 4.78 is 62.1. The molecular weight excluding hydrogens is 280 g/mol. The Bertz CT molecular complexity index is 630. The summed E-state index contributed by atoms with van der Waals surface area (Å²) in [7, 11) is -8.79. The van der Waals surface area contributed by atoms with Crippen LogP contribution in [0, 0.1) is 0 Å². The minimum Gasteiger partial charge on any atom is -0.282 e. The second-order valence-corrected chi connectivity index (χ2v) is 6.63. The Labute approximate surface area is 106 Å². The van der Waals surface area contributed by atoms with Crippen molar-refractivity contribution in [3.63, 3.8) is 0 Å². The molecule has 1 aromatic rings. The molecule has 0 fully saturated rings. The maximum atomic E-state index is 11.1. The predicted molar refractivity (Wildman–Crippen MR) is 64.7 cm³/mol. The van der Waals surface area contributed by atoms with Crippen LogP contribution in [0.25, 0.3) is 0 Å². The van der Waals surface area contributed by atoms with Gasteiger partial charge in [0.25, 0.3) is 20.2 Å². The first-order valence-electron chi connectivity index (χ1n) is 5.24. The lowest BCUT2D eigenvalue weighted by atomic mass is 10.1. The summed E-state index contributed by atoms with van der Waals surface area (Å²) in [6.45, 7) is 1.89. The summed E-state index contributed by atoms with van der Waals surface area (Å²) in [5.41, 5.74) is 0.175. The number of rotatable bonds is 5. The van der Waals surface area contributed by atoms with Crippen molar-refractivity contribution >= 4 is 20.2 Å². The second-order valence-electron chi connectivity index (χ2n) is 3.82. The molecule has 0 aliphatic rings. The van der Waals surface area contributed by atoms with Crippen molar-refractivity contribution in [2.45, 2.75) is 36.0 Å². The summed E-state index contributed by atoms with van der Waals surface area (Å²) in [6, 6.07) is 2.98. The van der Waals surface area contributed by atoms with Crippen molar-refractivity contribution in [3.05, 3.63) is 23.8 Å². The minimum absolute atomic E-state index is 0.175. The Hall–Kier alpha value is -0.960. The summed E-state index contributed by atoms with van der Waals surface area (Å²) in [5.74, 6) is 0. The average molecular weight is 294 g/mol. The first-order chi connectivity index (χ1) is 8.16. The SMILES string of the molecule is CCCCc1cc(S(=O)(=O)O)ccc1S(=O)(=O)O. The Morgan fingerprint density at radius 2 is 1.67 bits per heavy atom. The molecule has 18 heavy (non-hydrogen) atoms. The third-order valence-corrected chi connectivity index (χ3v) is 4.21. The largest absolute Gasteiger partial charge is 0.294 e. The van der Waals surface area contributed by atoms with Crippen LogP contribution in [0.5, 0.6) is 0 Å². The van der Waals surface area contributed by atoms with Crippen molar-refractivity contribution in [1.82, 2.24) is 0 Å². The van der Waals surface area contributed by atoms with Crippen molar-refractivity contribution in [2.24, 2.45) is 0 Å². The van der Waals surface area contributed by atoms with Gasteiger partial charge in [-0.3, -0.25) is 9.11 Å². The molecule has 0 atom stereocenters. The van der Waals surface area contributed by atoms with Crippen molar-refractivity contribution in [3.8, 4) is 0 Å². The molecule has 0 saturated heterocycles. The molecule has 8 heteroatoms. The standard InChI is InChI=1S/C10H14O6S2/c1-2-3-4-8-7-9(17(11,12)13)5-6-10(8)18(14,15)16/h5-7H,2-4H2,1H3,(H,11,12,13)(H,14,15,16). The van der Waals surface area contributed by atoms with E-state index in [0.717, 1.165) is 24.6 Å². The monoisotopic (exact) mass is 294 g/mol. The molecular formula is C10H14O6S2. The Morgan fingerprint density at radius 3 is 2.11 bits per heavy atom. The number of hydrogen-bond acceptors (Lipinski definition) is 4. The van der Waals surface area contributed by atoms with Gasteiger partial charge in [-0.1, -0.05) is 13.3 Å². The maximum Gasteiger partial charge on any atom is 0.294 e. The molecule has 0 aliphatic carbocycles. The summed E-state index contributed by atoms with van der Waals surface area (Å²) in [5, 5.41) is 0. The lowest BCUT2D eigenvalue weighted by Crippen LogP contribution is -2.06. The molecule has 0 aromatic heterocycles. The van der Waals surface area contributed by atoms with Crippen LogP contribution < -0.4 is 0 Å². The zero-order valence-electron chi connectivity index (χ0n) is 9.70. The molecule has 0 bridgehead atoms. The average Bonchev–Trinajstić information content (AvgIpc) is 2.23. The third-order valence-electron chi connectivity index (χ3n) is 2.41. The van der Waals surface area contributed by atoms with Crippen molar-refractivity contribution < 1.29 is 25.9 Å². The Morgan fingerprint density at radius 1 is 1.06 bits per heavy atom. The van der Waals surface area contributed by atoms with E-state index in [1.807, 2.05) is 6.92 Å². The molecule has 0 saturated carbocycles. The van der Waals surface area contributed by atoms with Gasteiger partial charge in [0.2, 0.25) is 0 Å². The zero-order valence-corrected chi connectivity index (χ0v) is 11.3. The van der Waals surface area contributed by atoms with E-state index in [2.05, 4.69) is 0 Å². The van der Waals surface area contributed by atoms with Crippen LogP contribution >= 0.6 is 0 Å². The van der Waals surface area contributed by atoms with Crippen LogP contribution in [-0.2, 0) is 26.7 Å². The van der Waals surface area contributed by atoms with Crippen LogP contribution in [0.2, 0.25) is 0 Å². The molecule has 0 heterocycles. The number of unbranched alkanes of at least 4 members (excludes halogenated alkanes) is 1. The fraction of sp³-hybridized carbons (Fsp3) is 0.400. The first-order valence-corrected chi connectivity index (χ1v) is 8.12. The summed E-state index contributed by atoms with van der Waals surface area (Å²) in [6.07, 6.45) is 1.72. The van der Waals surface area contributed by atoms with E-state index >= 15 is 0 Å². The van der Waals surface area contributed by atoms with Crippen LogP contribution in [0.15, 0.2) is 28.0 Å². The first kappa shape index (κ1) is 15.1. The van der Waals surface area contributed by atoms with E-state index in [9.17, 15) is 16.8 Å². The summed E-state index contributed by atoms with van der Waals surface area (Å²) in [4.78, 5) is -0.718. The van der Waals surface area contributed by atoms with Gasteiger partial charge in [0.05, 0.1) is 9.79 Å². The number of benzene rings is 1. The number of aryl methyl sites for hydroxylation is 1. The van der Waals surface area contributed by atoms with Gasteiger partial charge >= 0.3 is 0 Å². The quantitative estimate of drug-likeness (QED) is 0.797. The number of hydrogen-bond donors (Lipinski definition) is 2. The van der Waals surface area contributed by atoms with Crippen molar-refractivity contribution in [2.75, 3.05) is 0 Å². The molecule has 0 unspecified atom stereocenters. The third kappa shape index (κ3) is 3.77. The van der Waals surface area contributed by atoms with Gasteiger partial charge in [0.15, 0.2) is 0 Å². The molecule has 0 amide bonds. The van der Waals surface area contributed by atoms with Gasteiger partial charge in [-0.25, -0.2) is 0 Å². The van der Waals surface area contributed by atoms with Crippen molar-refractivity contribution in [1.29, 1.82) is 0 Å². The van der Waals surface area contributed by atoms with E-state index in [0.29, 0.717) is 12.8 Å². The van der Waals surface area contributed by atoms with Gasteiger partial charge < -0.3 is 0 Å². The molecule has 0 radical (unpaired) electrons. The Balaban J connectivity index is 3.39. The van der Waals surface area contributed by atoms with E-state index in [-0.39, 0.29) is 15.4 Å². The molecule has 1 aromatic carbocycles. The smallest absolute Gasteiger partial charge is 0.282 e. The van der Waals surface area contributed by atoms with E-state index < -0.39 is 20.2 Å². The second kappa shape index (κ2) is 5.35. The van der Waals surface area contributed by atoms with Crippen LogP contribution in [0.1, 0.15) is 25.3 Å². The molecule has 0 spiro atoms. The van der Waals surface area contributed by atoms with Crippen LogP contribution in [-0.4, -0.2) is 25.9 Å². The van der Waals surface area contributed by atoms with E-state index in [4.69, 9.17) is 9.11 Å². The molecule has 1 rings (SSSR count). The topological polar surface area (TPSA) is 109 Å². The van der Waals surface area contributed by atoms with Crippen LogP contribution in [0.3, 0.4) is 0 Å². The Kier molecular flexibility index (Phi) is 4.49. The highest BCUT2D eigenvalue weighted by Crippen LogP contribution is 2.22. The minimum atomic E-state index is -4.40. The fourth-order valence-electron chi connectivity index (χ4n) is 1.53. The highest BCUT2D eigenvalue weighted by atomic mass is 32.2. The zero-order chi connectivity index (χ0) is 14.0. The maximum absolute atomic E-state index is 11.1. The van der Waals surface area contributed by atoms with E-state index in [1.54, 1.807) is 0 Å². The normalized spacial score (nSPS) is 12.6. The molecule has 2 N–H and O–H groups in total. The highest BCUT2D eigenvalue weighted by molar-refractivity contribution is 7.86. The lowest BCUT2D eigenvalue weighted by molar-refractivity contribution is 0.477. The summed E-state index contributed by atoms with van der Waals surface area (Å²) >= 11 is 0. The van der Waals surface area contributed by atoms with Gasteiger partial charge in [-0.2, -0.15) is 16.8 Å². The molecule has 102 valence electrons. The molecule has 0 aliphatic heterocycles. The van der Waals surface area contributed by atoms with Gasteiger partial charge in [0, 0.05) is 0 Å². The molecule has 6 nitrogen and oxygen atoms in total. The fourth-order valence-corrected chi connectivity index (χ4v) is 2.79. The highest BCUT2D eigenvalue weighted by Gasteiger charge is 2.18. The van der Waals surface area contributed by atoms with Crippen LogP contribution in [0.4, 0.5) is 0 Å². The van der Waals surface area contributed by atoms with E-state index in [1.165, 1.54) is 0 Å². The van der Waals surface area contributed by atoms with Gasteiger partial charge in [0.1, 0.15) is 0 Å².